The Kier molecular flexibility index (Phi) is 5.64. The Balaban J connectivity index is 2.11. The Bertz CT molecular complexity index is 551. The number of hydrogen-bond donors (Lipinski definition) is 2. The molecule has 0 spiro atoms. The Labute approximate surface area is 126 Å². The standard InChI is InChI=1S/C18H23NO2/c1-3-11-21-17-6-4-5-15(12-17)18(13-20)19-16-9-7-14(2)8-10-16/h4-10,12,18-20H,3,11,13H2,1-2H3. The molecule has 0 fully saturated rings. The number of aliphatic hydroxyl groups is 1. The lowest BCUT2D eigenvalue weighted by Gasteiger charge is -2.19. The number of ether oxygens (including phenoxy) is 1. The van der Waals surface area contributed by atoms with Crippen LogP contribution in [0.25, 0.3) is 0 Å². The number of benzene rings is 2. The number of aliphatic hydroxyl groups excluding tert-OH is 1. The lowest BCUT2D eigenvalue weighted by atomic mass is 10.1. The molecule has 0 radical (unpaired) electrons. The van der Waals surface area contributed by atoms with Gasteiger partial charge in [-0.05, 0) is 43.2 Å². The maximum atomic E-state index is 9.66. The quantitative estimate of drug-likeness (QED) is 0.810. The number of aryl methyl sites for hydroxylation is 1. The Hall–Kier alpha value is -2.00. The van der Waals surface area contributed by atoms with Gasteiger partial charge in [-0.15, -0.1) is 0 Å². The fourth-order valence-corrected chi connectivity index (χ4v) is 2.13. The molecule has 2 aromatic carbocycles. The van der Waals surface area contributed by atoms with E-state index in [1.807, 2.05) is 36.4 Å². The summed E-state index contributed by atoms with van der Waals surface area (Å²) in [4.78, 5) is 0. The van der Waals surface area contributed by atoms with Crippen molar-refractivity contribution in [2.24, 2.45) is 0 Å². The second-order valence-corrected chi connectivity index (χ2v) is 5.17. The number of nitrogens with one attached hydrogen (secondary N) is 1. The van der Waals surface area contributed by atoms with Gasteiger partial charge in [-0.3, -0.25) is 0 Å². The minimum absolute atomic E-state index is 0.0328. The van der Waals surface area contributed by atoms with E-state index in [2.05, 4.69) is 31.3 Å². The summed E-state index contributed by atoms with van der Waals surface area (Å²) in [6.45, 7) is 4.88. The van der Waals surface area contributed by atoms with Gasteiger partial charge in [0.1, 0.15) is 5.75 Å². The molecule has 2 N–H and O–H groups in total. The van der Waals surface area contributed by atoms with Crippen LogP contribution in [0, 0.1) is 6.92 Å². The molecule has 21 heavy (non-hydrogen) atoms. The van der Waals surface area contributed by atoms with Crippen molar-refractivity contribution in [2.45, 2.75) is 26.3 Å². The summed E-state index contributed by atoms with van der Waals surface area (Å²) in [5, 5.41) is 13.0. The van der Waals surface area contributed by atoms with E-state index in [0.717, 1.165) is 23.4 Å². The fourth-order valence-electron chi connectivity index (χ4n) is 2.13. The molecule has 0 saturated heterocycles. The topological polar surface area (TPSA) is 41.5 Å². The molecule has 0 aliphatic rings. The van der Waals surface area contributed by atoms with Gasteiger partial charge < -0.3 is 15.2 Å². The molecular formula is C18H23NO2. The molecule has 112 valence electrons. The van der Waals surface area contributed by atoms with Crippen LogP contribution in [0.4, 0.5) is 5.69 Å². The summed E-state index contributed by atoms with van der Waals surface area (Å²) in [7, 11) is 0. The van der Waals surface area contributed by atoms with Gasteiger partial charge in [-0.25, -0.2) is 0 Å². The molecule has 3 nitrogen and oxygen atoms in total. The molecule has 0 aliphatic carbocycles. The average molecular weight is 285 g/mol. The lowest BCUT2D eigenvalue weighted by Crippen LogP contribution is -2.15. The predicted octanol–water partition coefficient (Wildman–Crippen LogP) is 3.93. The summed E-state index contributed by atoms with van der Waals surface area (Å²) >= 11 is 0. The first-order valence-corrected chi connectivity index (χ1v) is 7.39. The molecule has 3 heteroatoms. The van der Waals surface area contributed by atoms with Crippen LogP contribution in [0.15, 0.2) is 48.5 Å². The minimum atomic E-state index is -0.141. The zero-order valence-corrected chi connectivity index (χ0v) is 12.7. The summed E-state index contributed by atoms with van der Waals surface area (Å²) in [5.41, 5.74) is 3.24. The van der Waals surface area contributed by atoms with E-state index in [0.29, 0.717) is 6.61 Å². The van der Waals surface area contributed by atoms with Gasteiger partial charge in [0, 0.05) is 5.69 Å². The van der Waals surface area contributed by atoms with Crippen molar-refractivity contribution in [1.82, 2.24) is 0 Å². The van der Waals surface area contributed by atoms with E-state index in [1.54, 1.807) is 0 Å². The van der Waals surface area contributed by atoms with Crippen LogP contribution < -0.4 is 10.1 Å². The number of anilines is 1. The Morgan fingerprint density at radius 2 is 1.90 bits per heavy atom. The molecule has 1 atom stereocenters. The van der Waals surface area contributed by atoms with Gasteiger partial charge in [0.15, 0.2) is 0 Å². The molecular weight excluding hydrogens is 262 g/mol. The second-order valence-electron chi connectivity index (χ2n) is 5.17. The summed E-state index contributed by atoms with van der Waals surface area (Å²) in [5.74, 6) is 0.846. The minimum Gasteiger partial charge on any atom is -0.494 e. The second kappa shape index (κ2) is 7.70. The molecule has 2 aromatic rings. The lowest BCUT2D eigenvalue weighted by molar-refractivity contribution is 0.275. The first-order valence-electron chi connectivity index (χ1n) is 7.39. The summed E-state index contributed by atoms with van der Waals surface area (Å²) < 4.78 is 5.65. The van der Waals surface area contributed by atoms with E-state index in [1.165, 1.54) is 5.56 Å². The Morgan fingerprint density at radius 1 is 1.14 bits per heavy atom. The molecule has 0 bridgehead atoms. The zero-order chi connectivity index (χ0) is 15.1. The Morgan fingerprint density at radius 3 is 2.57 bits per heavy atom. The maximum absolute atomic E-state index is 9.66. The van der Waals surface area contributed by atoms with Crippen LogP contribution in [0.3, 0.4) is 0 Å². The molecule has 0 heterocycles. The van der Waals surface area contributed by atoms with Crippen molar-refractivity contribution in [3.63, 3.8) is 0 Å². The van der Waals surface area contributed by atoms with Crippen LogP contribution in [-0.2, 0) is 0 Å². The highest BCUT2D eigenvalue weighted by molar-refractivity contribution is 5.47. The molecule has 0 amide bonds. The van der Waals surface area contributed by atoms with Gasteiger partial charge in [0.05, 0.1) is 19.3 Å². The van der Waals surface area contributed by atoms with Gasteiger partial charge in [-0.1, -0.05) is 36.8 Å². The van der Waals surface area contributed by atoms with Gasteiger partial charge in [0.25, 0.3) is 0 Å². The van der Waals surface area contributed by atoms with Crippen LogP contribution in [0.1, 0.15) is 30.5 Å². The molecule has 0 aliphatic heterocycles. The van der Waals surface area contributed by atoms with Crippen molar-refractivity contribution < 1.29 is 9.84 Å². The molecule has 0 aromatic heterocycles. The van der Waals surface area contributed by atoms with Gasteiger partial charge >= 0.3 is 0 Å². The van der Waals surface area contributed by atoms with Gasteiger partial charge in [0.2, 0.25) is 0 Å². The predicted molar refractivity (Wildman–Crippen MR) is 86.9 cm³/mol. The van der Waals surface area contributed by atoms with E-state index in [-0.39, 0.29) is 12.6 Å². The van der Waals surface area contributed by atoms with Crippen molar-refractivity contribution in [2.75, 3.05) is 18.5 Å². The fraction of sp³-hybridized carbons (Fsp3) is 0.333. The van der Waals surface area contributed by atoms with Crippen LogP contribution in [0.2, 0.25) is 0 Å². The molecule has 1 unspecified atom stereocenters. The van der Waals surface area contributed by atoms with E-state index >= 15 is 0 Å². The highest BCUT2D eigenvalue weighted by Crippen LogP contribution is 2.23. The smallest absolute Gasteiger partial charge is 0.119 e. The highest BCUT2D eigenvalue weighted by atomic mass is 16.5. The van der Waals surface area contributed by atoms with E-state index < -0.39 is 0 Å². The van der Waals surface area contributed by atoms with Crippen molar-refractivity contribution in [1.29, 1.82) is 0 Å². The number of rotatable bonds is 7. The van der Waals surface area contributed by atoms with Crippen molar-refractivity contribution in [3.05, 3.63) is 59.7 Å². The normalized spacial score (nSPS) is 12.0. The third-order valence-electron chi connectivity index (χ3n) is 3.31. The van der Waals surface area contributed by atoms with E-state index in [4.69, 9.17) is 4.74 Å². The third-order valence-corrected chi connectivity index (χ3v) is 3.31. The molecule has 2 rings (SSSR count). The van der Waals surface area contributed by atoms with Crippen molar-refractivity contribution in [3.8, 4) is 5.75 Å². The average Bonchev–Trinajstić information content (AvgIpc) is 2.52. The third kappa shape index (κ3) is 4.50. The SMILES string of the molecule is CCCOc1cccc(C(CO)Nc2ccc(C)cc2)c1. The van der Waals surface area contributed by atoms with Crippen LogP contribution in [0.5, 0.6) is 5.75 Å². The highest BCUT2D eigenvalue weighted by Gasteiger charge is 2.11. The molecule has 0 saturated carbocycles. The summed E-state index contributed by atoms with van der Waals surface area (Å²) in [6.07, 6.45) is 0.981. The van der Waals surface area contributed by atoms with Crippen LogP contribution in [-0.4, -0.2) is 18.3 Å². The first kappa shape index (κ1) is 15.4. The monoisotopic (exact) mass is 285 g/mol. The van der Waals surface area contributed by atoms with E-state index in [9.17, 15) is 5.11 Å². The van der Waals surface area contributed by atoms with Crippen LogP contribution >= 0.6 is 0 Å². The number of hydrogen-bond acceptors (Lipinski definition) is 3. The zero-order valence-electron chi connectivity index (χ0n) is 12.7. The first-order chi connectivity index (χ1) is 10.2. The largest absolute Gasteiger partial charge is 0.494 e. The summed E-state index contributed by atoms with van der Waals surface area (Å²) in [6, 6.07) is 15.9. The van der Waals surface area contributed by atoms with Crippen molar-refractivity contribution >= 4 is 5.69 Å². The van der Waals surface area contributed by atoms with Gasteiger partial charge in [-0.2, -0.15) is 0 Å². The maximum Gasteiger partial charge on any atom is 0.119 e.